The minimum absolute atomic E-state index is 0.956. The normalized spacial score (nSPS) is 12.1. The third-order valence-corrected chi connectivity index (χ3v) is 10.9. The molecular formula is C48H30N2. The van der Waals surface area contributed by atoms with E-state index in [9.17, 15) is 0 Å². The van der Waals surface area contributed by atoms with Gasteiger partial charge in [0.2, 0.25) is 0 Å². The minimum Gasteiger partial charge on any atom is -0.293 e. The second-order valence-electron chi connectivity index (χ2n) is 13.5. The topological polar surface area (TPSA) is 17.8 Å². The van der Waals surface area contributed by atoms with E-state index in [1.54, 1.807) is 0 Å². The van der Waals surface area contributed by atoms with Gasteiger partial charge < -0.3 is 0 Å². The Bertz CT molecular complexity index is 3170. The van der Waals surface area contributed by atoms with E-state index in [1.165, 1.54) is 75.6 Å². The van der Waals surface area contributed by atoms with E-state index in [0.29, 0.717) is 0 Å². The van der Waals surface area contributed by atoms with E-state index >= 15 is 0 Å². The molecule has 2 heterocycles. The van der Waals surface area contributed by atoms with Crippen molar-refractivity contribution in [2.75, 3.05) is 0 Å². The smallest absolute Gasteiger partial charge is 0.146 e. The molecule has 0 bridgehead atoms. The number of rotatable bonds is 2. The maximum atomic E-state index is 5.72. The number of hydrogen-bond acceptors (Lipinski definition) is 1. The van der Waals surface area contributed by atoms with Gasteiger partial charge in [-0.3, -0.25) is 4.57 Å². The highest BCUT2D eigenvalue weighted by Crippen LogP contribution is 2.46. The summed E-state index contributed by atoms with van der Waals surface area (Å²) in [6, 6.07) is 59.9. The highest BCUT2D eigenvalue weighted by atomic mass is 15.1. The Hall–Kier alpha value is -6.51. The van der Waals surface area contributed by atoms with Crippen molar-refractivity contribution in [3.63, 3.8) is 0 Å². The maximum absolute atomic E-state index is 5.72. The average Bonchev–Trinajstić information content (AvgIpc) is 3.50. The number of hydrogen-bond donors (Lipinski definition) is 0. The van der Waals surface area contributed by atoms with Gasteiger partial charge in [-0.1, -0.05) is 146 Å². The molecule has 0 radical (unpaired) electrons. The number of aryl methyl sites for hydroxylation is 1. The van der Waals surface area contributed by atoms with E-state index in [1.807, 2.05) is 0 Å². The fraction of sp³-hybridized carbons (Fsp3) is 0.0208. The van der Waals surface area contributed by atoms with Crippen LogP contribution in [-0.2, 0) is 0 Å². The fourth-order valence-corrected chi connectivity index (χ4v) is 8.67. The zero-order valence-corrected chi connectivity index (χ0v) is 27.5. The first-order valence-corrected chi connectivity index (χ1v) is 17.3. The van der Waals surface area contributed by atoms with Crippen molar-refractivity contribution in [3.05, 3.63) is 169 Å². The van der Waals surface area contributed by atoms with Gasteiger partial charge in [0, 0.05) is 32.5 Å². The first-order chi connectivity index (χ1) is 24.7. The van der Waals surface area contributed by atoms with Crippen LogP contribution in [0.2, 0.25) is 0 Å². The summed E-state index contributed by atoms with van der Waals surface area (Å²) >= 11 is 0. The summed E-state index contributed by atoms with van der Waals surface area (Å²) in [5, 5.41) is 16.2. The van der Waals surface area contributed by atoms with E-state index in [0.717, 1.165) is 33.5 Å². The van der Waals surface area contributed by atoms with Crippen LogP contribution < -0.4 is 0 Å². The van der Waals surface area contributed by atoms with Crippen LogP contribution in [0.1, 0.15) is 5.56 Å². The molecule has 0 aliphatic rings. The maximum Gasteiger partial charge on any atom is 0.146 e. The molecule has 9 aromatic carbocycles. The predicted molar refractivity (Wildman–Crippen MR) is 214 cm³/mol. The van der Waals surface area contributed by atoms with Crippen molar-refractivity contribution >= 4 is 86.6 Å². The third-order valence-electron chi connectivity index (χ3n) is 10.9. The molecule has 0 aliphatic carbocycles. The molecule has 0 aliphatic heterocycles. The van der Waals surface area contributed by atoms with Crippen LogP contribution >= 0.6 is 0 Å². The Labute approximate surface area is 288 Å². The zero-order valence-electron chi connectivity index (χ0n) is 27.5. The van der Waals surface area contributed by atoms with Gasteiger partial charge in [0.05, 0.1) is 16.6 Å². The lowest BCUT2D eigenvalue weighted by Crippen LogP contribution is -2.04. The van der Waals surface area contributed by atoms with E-state index in [2.05, 4.69) is 175 Å². The highest BCUT2D eigenvalue weighted by molar-refractivity contribution is 6.36. The molecule has 11 rings (SSSR count). The summed E-state index contributed by atoms with van der Waals surface area (Å²) in [4.78, 5) is 5.72. The largest absolute Gasteiger partial charge is 0.293 e. The quantitative estimate of drug-likeness (QED) is 0.173. The molecule has 50 heavy (non-hydrogen) atoms. The van der Waals surface area contributed by atoms with E-state index in [4.69, 9.17) is 4.98 Å². The van der Waals surface area contributed by atoms with Crippen molar-refractivity contribution in [1.82, 2.24) is 9.55 Å². The summed E-state index contributed by atoms with van der Waals surface area (Å²) in [5.41, 5.74) is 6.90. The van der Waals surface area contributed by atoms with Crippen LogP contribution in [0.25, 0.3) is 104 Å². The number of nitrogens with zero attached hydrogens (tertiary/aromatic N) is 2. The van der Waals surface area contributed by atoms with E-state index < -0.39 is 0 Å². The molecule has 2 nitrogen and oxygen atoms in total. The van der Waals surface area contributed by atoms with Crippen molar-refractivity contribution in [3.8, 4) is 16.9 Å². The molecule has 0 fully saturated rings. The van der Waals surface area contributed by atoms with Crippen molar-refractivity contribution in [2.24, 2.45) is 0 Å². The Morgan fingerprint density at radius 1 is 0.400 bits per heavy atom. The van der Waals surface area contributed by atoms with Gasteiger partial charge in [-0.15, -0.1) is 0 Å². The fourth-order valence-electron chi connectivity index (χ4n) is 8.67. The van der Waals surface area contributed by atoms with Gasteiger partial charge >= 0.3 is 0 Å². The molecule has 0 amide bonds. The second kappa shape index (κ2) is 10.2. The SMILES string of the molecule is Cc1c(-c2ccccc2)c(-n2c3cc4ccccc4cc3c3c4c5ccccc5c5ccccc5c4ccc32)nc2c1ccc1ccccc12. The molecule has 0 saturated heterocycles. The van der Waals surface area contributed by atoms with Gasteiger partial charge in [-0.2, -0.15) is 0 Å². The zero-order chi connectivity index (χ0) is 32.9. The third kappa shape index (κ3) is 3.71. The van der Waals surface area contributed by atoms with Crippen LogP contribution in [0.5, 0.6) is 0 Å². The van der Waals surface area contributed by atoms with Crippen LogP contribution in [0, 0.1) is 6.92 Å². The number of pyridine rings is 1. The van der Waals surface area contributed by atoms with E-state index in [-0.39, 0.29) is 0 Å². The first kappa shape index (κ1) is 27.4. The lowest BCUT2D eigenvalue weighted by molar-refractivity contribution is 1.10. The monoisotopic (exact) mass is 634 g/mol. The number of fused-ring (bicyclic) bond motifs is 14. The van der Waals surface area contributed by atoms with Gasteiger partial charge in [0.1, 0.15) is 5.82 Å². The van der Waals surface area contributed by atoms with Crippen LogP contribution in [0.15, 0.2) is 164 Å². The summed E-state index contributed by atoms with van der Waals surface area (Å²) in [6.45, 7) is 2.27. The van der Waals surface area contributed by atoms with Crippen LogP contribution in [0.3, 0.4) is 0 Å². The molecule has 0 atom stereocenters. The lowest BCUT2D eigenvalue weighted by atomic mass is 9.91. The number of benzene rings is 9. The first-order valence-electron chi connectivity index (χ1n) is 17.3. The van der Waals surface area contributed by atoms with Gasteiger partial charge in [-0.25, -0.2) is 4.98 Å². The van der Waals surface area contributed by atoms with Crippen LogP contribution in [-0.4, -0.2) is 9.55 Å². The molecule has 0 N–H and O–H groups in total. The lowest BCUT2D eigenvalue weighted by Gasteiger charge is -2.19. The van der Waals surface area contributed by atoms with Crippen LogP contribution in [0.4, 0.5) is 0 Å². The Balaban J connectivity index is 1.42. The second-order valence-corrected chi connectivity index (χ2v) is 13.5. The molecule has 11 aromatic rings. The average molecular weight is 635 g/mol. The Kier molecular flexibility index (Phi) is 5.62. The van der Waals surface area contributed by atoms with Crippen molar-refractivity contribution in [1.29, 1.82) is 0 Å². The standard InChI is InChI=1S/C48H30N2/c1-29-34-24-23-30-13-7-8-18-35(30)47(34)49-48(44(29)31-14-3-2-4-15-31)50-42-26-25-40-38-21-10-9-19-36(38)37-20-11-12-22-39(37)45(40)46(42)41-27-32-16-5-6-17-33(32)28-43(41)50/h2-28H,1H3. The molecule has 232 valence electrons. The minimum atomic E-state index is 0.956. The van der Waals surface area contributed by atoms with Gasteiger partial charge in [0.15, 0.2) is 0 Å². The molecule has 0 saturated carbocycles. The Morgan fingerprint density at radius 2 is 0.960 bits per heavy atom. The Morgan fingerprint density at radius 3 is 1.70 bits per heavy atom. The van der Waals surface area contributed by atoms with Crippen molar-refractivity contribution < 1.29 is 0 Å². The molecule has 0 spiro atoms. The highest BCUT2D eigenvalue weighted by Gasteiger charge is 2.24. The summed E-state index contributed by atoms with van der Waals surface area (Å²) in [5.74, 6) is 0.956. The van der Waals surface area contributed by atoms with Crippen molar-refractivity contribution in [2.45, 2.75) is 6.92 Å². The van der Waals surface area contributed by atoms with Gasteiger partial charge in [0.25, 0.3) is 0 Å². The molecular weight excluding hydrogens is 605 g/mol. The van der Waals surface area contributed by atoms with Gasteiger partial charge in [-0.05, 0) is 79.3 Å². The molecule has 2 aromatic heterocycles. The summed E-state index contributed by atoms with van der Waals surface area (Å²) < 4.78 is 2.46. The predicted octanol–water partition coefficient (Wildman–Crippen LogP) is 13.1. The number of aromatic nitrogens is 2. The summed E-state index contributed by atoms with van der Waals surface area (Å²) in [7, 11) is 0. The molecule has 0 unspecified atom stereocenters. The summed E-state index contributed by atoms with van der Waals surface area (Å²) in [6.07, 6.45) is 0. The molecule has 2 heteroatoms.